The van der Waals surface area contributed by atoms with Gasteiger partial charge in [-0.3, -0.25) is 4.39 Å². The highest BCUT2D eigenvalue weighted by Gasteiger charge is 2.20. The molecule has 0 spiro atoms. The summed E-state index contributed by atoms with van der Waals surface area (Å²) in [5.41, 5.74) is 5.38. The van der Waals surface area contributed by atoms with E-state index >= 15 is 0 Å². The van der Waals surface area contributed by atoms with Crippen molar-refractivity contribution in [1.29, 1.82) is 0 Å². The van der Waals surface area contributed by atoms with E-state index in [9.17, 15) is 9.50 Å². The van der Waals surface area contributed by atoms with Crippen LogP contribution in [0.5, 0.6) is 0 Å². The number of aromatic nitrogens is 1. The Hall–Kier alpha value is -2.59. The van der Waals surface area contributed by atoms with E-state index in [1.165, 1.54) is 10.8 Å². The maximum absolute atomic E-state index is 12.8. The summed E-state index contributed by atoms with van der Waals surface area (Å²) in [5.74, 6) is 0. The first-order valence-corrected chi connectivity index (χ1v) is 8.61. The molecule has 2 aromatic carbocycles. The van der Waals surface area contributed by atoms with E-state index in [0.717, 1.165) is 27.9 Å². The molecule has 0 aliphatic carbocycles. The predicted octanol–water partition coefficient (Wildman–Crippen LogP) is 4.40. The lowest BCUT2D eigenvalue weighted by Gasteiger charge is -2.27. The third-order valence-corrected chi connectivity index (χ3v) is 4.91. The fourth-order valence-electron chi connectivity index (χ4n) is 3.78. The maximum Gasteiger partial charge on any atom is 0.0911 e. The monoisotopic (exact) mass is 336 g/mol. The van der Waals surface area contributed by atoms with Crippen molar-refractivity contribution < 1.29 is 9.50 Å². The van der Waals surface area contributed by atoms with Gasteiger partial charge in [0, 0.05) is 52.4 Å². The van der Waals surface area contributed by atoms with Crippen LogP contribution in [0.15, 0.2) is 49.2 Å². The van der Waals surface area contributed by atoms with Gasteiger partial charge in [0.1, 0.15) is 0 Å². The Labute approximate surface area is 146 Å². The van der Waals surface area contributed by atoms with Crippen LogP contribution >= 0.6 is 0 Å². The van der Waals surface area contributed by atoms with Crippen molar-refractivity contribution in [2.75, 3.05) is 19.8 Å². The van der Waals surface area contributed by atoms with Crippen molar-refractivity contribution >= 4 is 33.6 Å². The molecule has 128 valence electrons. The fourth-order valence-corrected chi connectivity index (χ4v) is 3.78. The van der Waals surface area contributed by atoms with Gasteiger partial charge >= 0.3 is 0 Å². The van der Waals surface area contributed by atoms with E-state index in [0.29, 0.717) is 19.5 Å². The summed E-state index contributed by atoms with van der Waals surface area (Å²) in [4.78, 5) is 1.97. The molecule has 1 aliphatic rings. The molecule has 0 saturated carbocycles. The summed E-state index contributed by atoms with van der Waals surface area (Å²) < 4.78 is 15.0. The van der Waals surface area contributed by atoms with Gasteiger partial charge in [0.25, 0.3) is 0 Å². The number of hydrogen-bond donors (Lipinski definition) is 1. The first-order valence-electron chi connectivity index (χ1n) is 8.61. The van der Waals surface area contributed by atoms with E-state index in [1.807, 2.05) is 23.2 Å². The van der Waals surface area contributed by atoms with E-state index in [-0.39, 0.29) is 13.3 Å². The van der Waals surface area contributed by atoms with Crippen molar-refractivity contribution in [1.82, 2.24) is 9.47 Å². The predicted molar refractivity (Wildman–Crippen MR) is 102 cm³/mol. The zero-order chi connectivity index (χ0) is 17.4. The Morgan fingerprint density at radius 1 is 1.04 bits per heavy atom. The van der Waals surface area contributed by atoms with Crippen molar-refractivity contribution in [3.8, 4) is 0 Å². The SMILES string of the molecule is C=C1c2ccc3c(c2C=CN1CCO)c1ccccc1n3CCCF. The van der Waals surface area contributed by atoms with E-state index < -0.39 is 0 Å². The van der Waals surface area contributed by atoms with Crippen LogP contribution in [-0.4, -0.2) is 34.4 Å². The zero-order valence-corrected chi connectivity index (χ0v) is 14.1. The van der Waals surface area contributed by atoms with Gasteiger partial charge in [-0.15, -0.1) is 0 Å². The first kappa shape index (κ1) is 15.9. The average molecular weight is 336 g/mol. The number of aryl methyl sites for hydroxylation is 1. The van der Waals surface area contributed by atoms with Crippen LogP contribution in [0.3, 0.4) is 0 Å². The molecule has 0 unspecified atom stereocenters. The van der Waals surface area contributed by atoms with E-state index in [1.54, 1.807) is 0 Å². The number of benzene rings is 2. The summed E-state index contributed by atoms with van der Waals surface area (Å²) in [6.07, 6.45) is 4.58. The number of fused-ring (bicyclic) bond motifs is 5. The summed E-state index contributed by atoms with van der Waals surface area (Å²) in [5, 5.41) is 11.6. The van der Waals surface area contributed by atoms with Gasteiger partial charge in [0.2, 0.25) is 0 Å². The second-order valence-electron chi connectivity index (χ2n) is 6.31. The highest BCUT2D eigenvalue weighted by Crippen LogP contribution is 2.38. The second kappa shape index (κ2) is 6.37. The Balaban J connectivity index is 1.98. The Kier molecular flexibility index (Phi) is 4.06. The smallest absolute Gasteiger partial charge is 0.0911 e. The highest BCUT2D eigenvalue weighted by molar-refractivity contribution is 6.13. The van der Waals surface area contributed by atoms with Gasteiger partial charge in [-0.2, -0.15) is 0 Å². The fraction of sp³-hybridized carbons (Fsp3) is 0.238. The number of aliphatic hydroxyl groups is 1. The number of hydrogen-bond acceptors (Lipinski definition) is 2. The molecule has 1 aromatic heterocycles. The standard InChI is InChI=1S/C21H21FN2O/c1-15-16-7-8-20-21(17(16)9-12-23(15)13-14-25)18-5-2-3-6-19(18)24(20)11-4-10-22/h2-3,5-9,12,25H,1,4,10-11,13-14H2. The minimum Gasteiger partial charge on any atom is -0.395 e. The summed E-state index contributed by atoms with van der Waals surface area (Å²) in [6, 6.07) is 12.5. The molecule has 0 radical (unpaired) electrons. The number of rotatable bonds is 5. The summed E-state index contributed by atoms with van der Waals surface area (Å²) in [6.45, 7) is 5.18. The van der Waals surface area contributed by atoms with Crippen LogP contribution < -0.4 is 0 Å². The Morgan fingerprint density at radius 2 is 1.88 bits per heavy atom. The molecule has 2 heterocycles. The lowest BCUT2D eigenvalue weighted by Crippen LogP contribution is -2.21. The number of aliphatic hydroxyl groups excluding tert-OH is 1. The van der Waals surface area contributed by atoms with Crippen LogP contribution in [0, 0.1) is 0 Å². The topological polar surface area (TPSA) is 28.4 Å². The average Bonchev–Trinajstić information content (AvgIpc) is 2.96. The quantitative estimate of drug-likeness (QED) is 0.748. The van der Waals surface area contributed by atoms with Gasteiger partial charge in [-0.05, 0) is 30.2 Å². The number of nitrogens with zero attached hydrogens (tertiary/aromatic N) is 2. The second-order valence-corrected chi connectivity index (χ2v) is 6.31. The van der Waals surface area contributed by atoms with Gasteiger partial charge in [-0.1, -0.05) is 30.8 Å². The molecule has 1 aliphatic heterocycles. The molecule has 0 saturated heterocycles. The molecule has 25 heavy (non-hydrogen) atoms. The minimum absolute atomic E-state index is 0.0868. The molecule has 0 fully saturated rings. The van der Waals surface area contributed by atoms with Crippen molar-refractivity contribution in [2.24, 2.45) is 0 Å². The third-order valence-electron chi connectivity index (χ3n) is 4.91. The van der Waals surface area contributed by atoms with Gasteiger partial charge in [0.15, 0.2) is 0 Å². The van der Waals surface area contributed by atoms with Crippen molar-refractivity contribution in [2.45, 2.75) is 13.0 Å². The molecule has 3 aromatic rings. The van der Waals surface area contributed by atoms with Crippen LogP contribution in [0.4, 0.5) is 4.39 Å². The zero-order valence-electron chi connectivity index (χ0n) is 14.1. The number of β-amino-alcohol motifs (C(OH)–C–C–N with tert-alkyl or cyclic N) is 1. The number of para-hydroxylation sites is 1. The van der Waals surface area contributed by atoms with Crippen LogP contribution in [0.25, 0.3) is 33.6 Å². The maximum atomic E-state index is 12.8. The molecule has 0 atom stereocenters. The van der Waals surface area contributed by atoms with E-state index in [4.69, 9.17) is 0 Å². The molecule has 4 rings (SSSR count). The third kappa shape index (κ3) is 2.45. The number of alkyl halides is 1. The molecule has 1 N–H and O–H groups in total. The minimum atomic E-state index is -0.314. The lowest BCUT2D eigenvalue weighted by molar-refractivity contribution is 0.267. The normalized spacial score (nSPS) is 13.8. The van der Waals surface area contributed by atoms with Crippen molar-refractivity contribution in [3.63, 3.8) is 0 Å². The molecular weight excluding hydrogens is 315 g/mol. The van der Waals surface area contributed by atoms with Crippen molar-refractivity contribution in [3.05, 3.63) is 60.3 Å². The molecular formula is C21H21FN2O. The molecule has 0 bridgehead atoms. The Morgan fingerprint density at radius 3 is 2.68 bits per heavy atom. The van der Waals surface area contributed by atoms with E-state index in [2.05, 4.69) is 41.5 Å². The molecule has 3 nitrogen and oxygen atoms in total. The van der Waals surface area contributed by atoms with Gasteiger partial charge in [-0.25, -0.2) is 0 Å². The summed E-state index contributed by atoms with van der Waals surface area (Å²) in [7, 11) is 0. The van der Waals surface area contributed by atoms with Crippen LogP contribution in [0.2, 0.25) is 0 Å². The number of halogens is 1. The van der Waals surface area contributed by atoms with Crippen LogP contribution in [-0.2, 0) is 6.54 Å². The highest BCUT2D eigenvalue weighted by atomic mass is 19.1. The lowest BCUT2D eigenvalue weighted by atomic mass is 9.96. The van der Waals surface area contributed by atoms with Gasteiger partial charge in [0.05, 0.1) is 13.3 Å². The molecule has 0 amide bonds. The van der Waals surface area contributed by atoms with Gasteiger partial charge < -0.3 is 14.6 Å². The summed E-state index contributed by atoms with van der Waals surface area (Å²) >= 11 is 0. The largest absolute Gasteiger partial charge is 0.395 e. The Bertz CT molecular complexity index is 986. The van der Waals surface area contributed by atoms with Crippen LogP contribution in [0.1, 0.15) is 17.5 Å². The first-order chi connectivity index (χ1) is 12.3. The molecule has 4 heteroatoms.